The summed E-state index contributed by atoms with van der Waals surface area (Å²) in [4.78, 5) is 0. The summed E-state index contributed by atoms with van der Waals surface area (Å²) in [5.74, 6) is 0. The summed E-state index contributed by atoms with van der Waals surface area (Å²) < 4.78 is 25.6. The molecule has 0 aliphatic carbocycles. The van der Waals surface area contributed by atoms with Gasteiger partial charge in [0.2, 0.25) is 5.69 Å². The number of rotatable bonds is 2. The van der Waals surface area contributed by atoms with Crippen LogP contribution in [0.5, 0.6) is 0 Å². The maximum absolute atomic E-state index is 7.90. The molecule has 0 spiro atoms. The fraction of sp³-hybridized carbons (Fsp3) is 0.150. The first-order valence-corrected chi connectivity index (χ1v) is 7.03. The van der Waals surface area contributed by atoms with Crippen LogP contribution in [0.25, 0.3) is 22.4 Å². The molecule has 0 aliphatic rings. The molecule has 0 amide bonds. The molecule has 0 saturated heterocycles. The van der Waals surface area contributed by atoms with Gasteiger partial charge in [-0.1, -0.05) is 48.5 Å². The molecule has 3 rings (SSSR count). The lowest BCUT2D eigenvalue weighted by Gasteiger charge is -2.09. The Morgan fingerprint density at radius 3 is 2.29 bits per heavy atom. The number of aryl methyl sites for hydroxylation is 3. The molecule has 1 aromatic heterocycles. The van der Waals surface area contributed by atoms with E-state index in [9.17, 15) is 0 Å². The monoisotopic (exact) mass is 277 g/mol. The topological polar surface area (TPSA) is 3.88 Å². The Hall–Kier alpha value is -2.41. The molecule has 1 nitrogen and oxygen atoms in total. The summed E-state index contributed by atoms with van der Waals surface area (Å²) in [6.07, 6.45) is 1.73. The van der Waals surface area contributed by atoms with E-state index < -0.39 is 6.85 Å². The van der Waals surface area contributed by atoms with Gasteiger partial charge in [0.15, 0.2) is 6.20 Å². The van der Waals surface area contributed by atoms with Crippen molar-refractivity contribution in [2.24, 2.45) is 7.05 Å². The van der Waals surface area contributed by atoms with Gasteiger partial charge in [0.25, 0.3) is 0 Å². The third kappa shape index (κ3) is 2.59. The van der Waals surface area contributed by atoms with Gasteiger partial charge < -0.3 is 0 Å². The van der Waals surface area contributed by atoms with E-state index in [-0.39, 0.29) is 0 Å². The molecule has 3 aromatic rings. The van der Waals surface area contributed by atoms with Gasteiger partial charge in [0, 0.05) is 21.3 Å². The molecular weight excluding hydrogens is 254 g/mol. The van der Waals surface area contributed by atoms with Crippen molar-refractivity contribution in [3.63, 3.8) is 0 Å². The normalized spacial score (nSPS) is 13.3. The summed E-state index contributed by atoms with van der Waals surface area (Å²) in [6, 6.07) is 19.8. The van der Waals surface area contributed by atoms with Crippen LogP contribution < -0.4 is 4.57 Å². The molecule has 21 heavy (non-hydrogen) atoms. The van der Waals surface area contributed by atoms with Crippen LogP contribution in [0.4, 0.5) is 0 Å². The van der Waals surface area contributed by atoms with Crippen LogP contribution in [-0.2, 0) is 7.05 Å². The average Bonchev–Trinajstić information content (AvgIpc) is 2.55. The first-order chi connectivity index (χ1) is 11.4. The minimum atomic E-state index is -2.16. The fourth-order valence-electron chi connectivity index (χ4n) is 2.63. The Balaban J connectivity index is 2.30. The molecule has 0 fully saturated rings. The van der Waals surface area contributed by atoms with Crippen LogP contribution in [0.3, 0.4) is 0 Å². The number of aromatic nitrogens is 1. The minimum Gasteiger partial charge on any atom is -0.201 e. The molecular formula is C20H20N+. The smallest absolute Gasteiger partial charge is 0.201 e. The van der Waals surface area contributed by atoms with E-state index in [1.165, 1.54) is 0 Å². The lowest BCUT2D eigenvalue weighted by atomic mass is 9.97. The zero-order valence-electron chi connectivity index (χ0n) is 15.3. The third-order valence-corrected chi connectivity index (χ3v) is 3.78. The summed E-state index contributed by atoms with van der Waals surface area (Å²) in [5.41, 5.74) is 5.31. The standard InChI is InChI=1S/C20H20N/c1-15-9-7-8-12-18(15)20-13-19(16(2)14-21(20)3)17-10-5-4-6-11-17/h4-14H,1-3H3/q+1/i2D3. The number of nitrogens with zero attached hydrogens (tertiary/aromatic N) is 1. The Morgan fingerprint density at radius 1 is 0.857 bits per heavy atom. The molecule has 0 radical (unpaired) electrons. The highest BCUT2D eigenvalue weighted by atomic mass is 14.9. The van der Waals surface area contributed by atoms with Gasteiger partial charge in [-0.3, -0.25) is 0 Å². The number of hydrogen-bond donors (Lipinski definition) is 0. The van der Waals surface area contributed by atoms with E-state index >= 15 is 0 Å². The molecule has 1 heterocycles. The SMILES string of the molecule is [2H]C([2H])([2H])c1c[n+](C)c(-c2ccccc2C)cc1-c1ccccc1. The van der Waals surface area contributed by atoms with Crippen LogP contribution in [-0.4, -0.2) is 0 Å². The second kappa shape index (κ2) is 5.53. The van der Waals surface area contributed by atoms with E-state index in [1.807, 2.05) is 60.1 Å². The maximum atomic E-state index is 7.90. The van der Waals surface area contributed by atoms with Gasteiger partial charge in [0.1, 0.15) is 7.05 Å². The van der Waals surface area contributed by atoms with Crippen LogP contribution in [0.1, 0.15) is 15.2 Å². The predicted octanol–water partition coefficient (Wildman–Crippen LogP) is 4.46. The third-order valence-electron chi connectivity index (χ3n) is 3.78. The Bertz CT molecular complexity index is 868. The van der Waals surface area contributed by atoms with Gasteiger partial charge in [-0.25, -0.2) is 4.57 Å². The van der Waals surface area contributed by atoms with Crippen LogP contribution in [0, 0.1) is 13.8 Å². The largest absolute Gasteiger partial charge is 0.213 e. The fourth-order valence-corrected chi connectivity index (χ4v) is 2.63. The highest BCUT2D eigenvalue weighted by Gasteiger charge is 2.15. The summed E-state index contributed by atoms with van der Waals surface area (Å²) in [5, 5.41) is 0. The highest BCUT2D eigenvalue weighted by Crippen LogP contribution is 2.27. The van der Waals surface area contributed by atoms with Crippen molar-refractivity contribution in [1.29, 1.82) is 0 Å². The Labute approximate surface area is 130 Å². The van der Waals surface area contributed by atoms with Gasteiger partial charge in [-0.05, 0) is 36.5 Å². The molecule has 0 N–H and O–H groups in total. The van der Waals surface area contributed by atoms with Crippen LogP contribution in [0.2, 0.25) is 0 Å². The summed E-state index contributed by atoms with van der Waals surface area (Å²) >= 11 is 0. The second-order valence-electron chi connectivity index (χ2n) is 5.28. The van der Waals surface area contributed by atoms with Crippen molar-refractivity contribution < 1.29 is 8.68 Å². The van der Waals surface area contributed by atoms with E-state index in [4.69, 9.17) is 4.11 Å². The second-order valence-corrected chi connectivity index (χ2v) is 5.28. The predicted molar refractivity (Wildman–Crippen MR) is 88.0 cm³/mol. The summed E-state index contributed by atoms with van der Waals surface area (Å²) in [7, 11) is 1.89. The Kier molecular flexibility index (Phi) is 2.72. The first-order valence-electron chi connectivity index (χ1n) is 8.53. The van der Waals surface area contributed by atoms with E-state index in [1.54, 1.807) is 6.20 Å². The van der Waals surface area contributed by atoms with Crippen molar-refractivity contribution >= 4 is 0 Å². The van der Waals surface area contributed by atoms with Crippen molar-refractivity contribution in [1.82, 2.24) is 0 Å². The molecule has 0 saturated carbocycles. The van der Waals surface area contributed by atoms with E-state index in [0.29, 0.717) is 5.56 Å². The molecule has 2 aromatic carbocycles. The lowest BCUT2D eigenvalue weighted by Crippen LogP contribution is -2.31. The number of hydrogen-bond acceptors (Lipinski definition) is 0. The molecule has 0 unspecified atom stereocenters. The van der Waals surface area contributed by atoms with E-state index in [2.05, 4.69) is 19.1 Å². The van der Waals surface area contributed by atoms with Crippen molar-refractivity contribution in [2.75, 3.05) is 0 Å². The highest BCUT2D eigenvalue weighted by molar-refractivity contribution is 5.72. The maximum Gasteiger partial charge on any atom is 0.213 e. The minimum absolute atomic E-state index is 0.369. The van der Waals surface area contributed by atoms with Crippen LogP contribution in [0.15, 0.2) is 66.9 Å². The quantitative estimate of drug-likeness (QED) is 0.609. The zero-order chi connectivity index (χ0) is 17.3. The van der Waals surface area contributed by atoms with Crippen LogP contribution >= 0.6 is 0 Å². The van der Waals surface area contributed by atoms with Gasteiger partial charge in [-0.15, -0.1) is 0 Å². The van der Waals surface area contributed by atoms with Gasteiger partial charge in [-0.2, -0.15) is 0 Å². The first kappa shape index (κ1) is 10.3. The van der Waals surface area contributed by atoms with Crippen molar-refractivity contribution in [3.8, 4) is 22.4 Å². The molecule has 0 bridgehead atoms. The molecule has 1 heteroatoms. The van der Waals surface area contributed by atoms with Crippen molar-refractivity contribution in [2.45, 2.75) is 13.8 Å². The molecule has 0 aliphatic heterocycles. The number of benzene rings is 2. The zero-order valence-corrected chi connectivity index (χ0v) is 12.3. The van der Waals surface area contributed by atoms with Gasteiger partial charge in [0.05, 0.1) is 0 Å². The molecule has 0 atom stereocenters. The Morgan fingerprint density at radius 2 is 1.57 bits per heavy atom. The number of pyridine rings is 1. The van der Waals surface area contributed by atoms with E-state index in [0.717, 1.165) is 27.9 Å². The van der Waals surface area contributed by atoms with Crippen molar-refractivity contribution in [3.05, 3.63) is 78.0 Å². The summed E-state index contributed by atoms with van der Waals surface area (Å²) in [6.45, 7) is -0.0949. The molecule has 104 valence electrons. The average molecular weight is 277 g/mol. The lowest BCUT2D eigenvalue weighted by molar-refractivity contribution is -0.660. The van der Waals surface area contributed by atoms with Gasteiger partial charge >= 0.3 is 0 Å².